The third kappa shape index (κ3) is 3.31. The fraction of sp³-hybridized carbons (Fsp3) is 0.278. The summed E-state index contributed by atoms with van der Waals surface area (Å²) in [7, 11) is 1.97. The summed E-state index contributed by atoms with van der Waals surface area (Å²) in [6.45, 7) is 1.93. The maximum absolute atomic E-state index is 12.4. The Balaban J connectivity index is 1.63. The summed E-state index contributed by atoms with van der Waals surface area (Å²) in [5, 5.41) is 0. The van der Waals surface area contributed by atoms with E-state index in [1.807, 2.05) is 48.3 Å². The van der Waals surface area contributed by atoms with Crippen molar-refractivity contribution in [2.45, 2.75) is 13.0 Å². The highest BCUT2D eigenvalue weighted by atomic mass is 16.5. The van der Waals surface area contributed by atoms with Crippen LogP contribution < -0.4 is 4.74 Å². The van der Waals surface area contributed by atoms with Crippen LogP contribution in [0.3, 0.4) is 0 Å². The predicted octanol–water partition coefficient (Wildman–Crippen LogP) is 2.94. The molecule has 0 saturated carbocycles. The first kappa shape index (κ1) is 13.8. The molecule has 0 N–H and O–H groups in total. The number of ether oxygens (including phenoxy) is 1. The van der Waals surface area contributed by atoms with Gasteiger partial charge < -0.3 is 4.74 Å². The average Bonchev–Trinajstić information content (AvgIpc) is 2.95. The maximum atomic E-state index is 12.4. The van der Waals surface area contributed by atoms with Crippen LogP contribution in [0.25, 0.3) is 0 Å². The zero-order valence-corrected chi connectivity index (χ0v) is 12.2. The van der Waals surface area contributed by atoms with Gasteiger partial charge in [-0.25, -0.2) is 0 Å². The van der Waals surface area contributed by atoms with Gasteiger partial charge in [0.2, 0.25) is 0 Å². The molecular weight excluding hydrogens is 262 g/mol. The van der Waals surface area contributed by atoms with Crippen LogP contribution in [0.2, 0.25) is 0 Å². The molecule has 21 heavy (non-hydrogen) atoms. The largest absolute Gasteiger partial charge is 0.493 e. The molecule has 1 aliphatic rings. The van der Waals surface area contributed by atoms with E-state index in [-0.39, 0.29) is 5.78 Å². The van der Waals surface area contributed by atoms with Crippen molar-refractivity contribution >= 4 is 5.78 Å². The van der Waals surface area contributed by atoms with Crippen molar-refractivity contribution < 1.29 is 9.53 Å². The molecule has 0 aromatic heterocycles. The molecule has 1 aliphatic heterocycles. The predicted molar refractivity (Wildman–Crippen MR) is 82.7 cm³/mol. The van der Waals surface area contributed by atoms with Gasteiger partial charge in [0.25, 0.3) is 0 Å². The Labute approximate surface area is 125 Å². The van der Waals surface area contributed by atoms with E-state index in [0.29, 0.717) is 6.54 Å². The van der Waals surface area contributed by atoms with Crippen LogP contribution >= 0.6 is 0 Å². The number of hydrogen-bond acceptors (Lipinski definition) is 3. The summed E-state index contributed by atoms with van der Waals surface area (Å²) in [5.74, 6) is 1.08. The highest BCUT2D eigenvalue weighted by molar-refractivity contribution is 5.98. The molecule has 1 heterocycles. The molecule has 3 rings (SSSR count). The zero-order valence-electron chi connectivity index (χ0n) is 12.2. The first-order chi connectivity index (χ1) is 10.2. The van der Waals surface area contributed by atoms with Crippen LogP contribution in [0.15, 0.2) is 48.5 Å². The normalized spacial score (nSPS) is 13.0. The van der Waals surface area contributed by atoms with Crippen LogP contribution in [0.5, 0.6) is 5.75 Å². The number of carbonyl (C=O) groups is 1. The second-order valence-electron chi connectivity index (χ2n) is 5.50. The third-order valence-corrected chi connectivity index (χ3v) is 3.72. The molecule has 0 spiro atoms. The highest BCUT2D eigenvalue weighted by Gasteiger charge is 2.16. The van der Waals surface area contributed by atoms with Crippen molar-refractivity contribution in [2.24, 2.45) is 0 Å². The summed E-state index contributed by atoms with van der Waals surface area (Å²) >= 11 is 0. The van der Waals surface area contributed by atoms with Crippen LogP contribution in [-0.2, 0) is 13.0 Å². The van der Waals surface area contributed by atoms with E-state index < -0.39 is 0 Å². The van der Waals surface area contributed by atoms with E-state index in [9.17, 15) is 4.79 Å². The van der Waals surface area contributed by atoms with Crippen LogP contribution in [0, 0.1) is 0 Å². The van der Waals surface area contributed by atoms with Gasteiger partial charge in [-0.3, -0.25) is 9.69 Å². The molecule has 2 aromatic rings. The van der Waals surface area contributed by atoms with Gasteiger partial charge in [-0.1, -0.05) is 30.3 Å². The molecular formula is C18H19NO2. The van der Waals surface area contributed by atoms with Crippen molar-refractivity contribution in [3.8, 4) is 5.75 Å². The Bertz CT molecular complexity index is 637. The molecule has 2 aromatic carbocycles. The lowest BCUT2D eigenvalue weighted by Gasteiger charge is -2.16. The Morgan fingerprint density at radius 1 is 1.19 bits per heavy atom. The molecule has 0 fully saturated rings. The molecule has 108 valence electrons. The number of benzene rings is 2. The molecule has 0 radical (unpaired) electrons. The van der Waals surface area contributed by atoms with Crippen molar-refractivity contribution in [1.82, 2.24) is 4.90 Å². The third-order valence-electron chi connectivity index (χ3n) is 3.72. The van der Waals surface area contributed by atoms with Gasteiger partial charge in [0.05, 0.1) is 13.2 Å². The molecule has 0 aliphatic carbocycles. The van der Waals surface area contributed by atoms with Crippen molar-refractivity contribution in [3.05, 3.63) is 65.2 Å². The van der Waals surface area contributed by atoms with E-state index in [1.54, 1.807) is 0 Å². The minimum Gasteiger partial charge on any atom is -0.493 e. The Morgan fingerprint density at radius 3 is 2.81 bits per heavy atom. The standard InChI is InChI=1S/C18H19NO2/c1-19(12-14-5-3-2-4-6-14)13-17(20)15-7-8-18-16(11-15)9-10-21-18/h2-8,11H,9-10,12-13H2,1H3. The summed E-state index contributed by atoms with van der Waals surface area (Å²) in [4.78, 5) is 14.4. The fourth-order valence-electron chi connectivity index (χ4n) is 2.65. The Kier molecular flexibility index (Phi) is 4.02. The number of Topliss-reactive ketones (excluding diaryl/α,β-unsaturated/α-hetero) is 1. The molecule has 0 amide bonds. The SMILES string of the molecule is CN(CC(=O)c1ccc2c(c1)CCO2)Cc1ccccc1. The number of nitrogens with zero attached hydrogens (tertiary/aromatic N) is 1. The summed E-state index contributed by atoms with van der Waals surface area (Å²) in [6, 6.07) is 15.9. The van der Waals surface area contributed by atoms with E-state index >= 15 is 0 Å². The number of ketones is 1. The average molecular weight is 281 g/mol. The van der Waals surface area contributed by atoms with Crippen molar-refractivity contribution in [3.63, 3.8) is 0 Å². The zero-order chi connectivity index (χ0) is 14.7. The van der Waals surface area contributed by atoms with E-state index in [1.165, 1.54) is 5.56 Å². The lowest BCUT2D eigenvalue weighted by atomic mass is 10.1. The van der Waals surface area contributed by atoms with Gasteiger partial charge in [-0.2, -0.15) is 0 Å². The number of likely N-dealkylation sites (N-methyl/N-ethyl adjacent to an activating group) is 1. The van der Waals surface area contributed by atoms with Crippen molar-refractivity contribution in [1.29, 1.82) is 0 Å². The molecule has 0 unspecified atom stereocenters. The second-order valence-corrected chi connectivity index (χ2v) is 5.50. The monoisotopic (exact) mass is 281 g/mol. The van der Waals surface area contributed by atoms with Crippen LogP contribution in [-0.4, -0.2) is 30.9 Å². The van der Waals surface area contributed by atoms with Gasteiger partial charge in [-0.15, -0.1) is 0 Å². The number of rotatable bonds is 5. The fourth-order valence-corrected chi connectivity index (χ4v) is 2.65. The summed E-state index contributed by atoms with van der Waals surface area (Å²) in [5.41, 5.74) is 3.14. The lowest BCUT2D eigenvalue weighted by molar-refractivity contribution is 0.0943. The maximum Gasteiger partial charge on any atom is 0.176 e. The smallest absolute Gasteiger partial charge is 0.176 e. The highest BCUT2D eigenvalue weighted by Crippen LogP contribution is 2.26. The topological polar surface area (TPSA) is 29.5 Å². The minimum atomic E-state index is 0.156. The van der Waals surface area contributed by atoms with Gasteiger partial charge in [-0.05, 0) is 36.4 Å². The van der Waals surface area contributed by atoms with Gasteiger partial charge in [0, 0.05) is 18.5 Å². The molecule has 3 nitrogen and oxygen atoms in total. The number of hydrogen-bond donors (Lipinski definition) is 0. The molecule has 0 atom stereocenters. The Morgan fingerprint density at radius 2 is 2.00 bits per heavy atom. The number of carbonyl (C=O) groups excluding carboxylic acids is 1. The van der Waals surface area contributed by atoms with Gasteiger partial charge in [0.15, 0.2) is 5.78 Å². The van der Waals surface area contributed by atoms with Crippen molar-refractivity contribution in [2.75, 3.05) is 20.2 Å². The molecule has 0 bridgehead atoms. The summed E-state index contributed by atoms with van der Waals surface area (Å²) in [6.07, 6.45) is 0.899. The van der Waals surface area contributed by atoms with Crippen LogP contribution in [0.1, 0.15) is 21.5 Å². The Hall–Kier alpha value is -2.13. The van der Waals surface area contributed by atoms with E-state index in [4.69, 9.17) is 4.74 Å². The molecule has 0 saturated heterocycles. The second kappa shape index (κ2) is 6.10. The van der Waals surface area contributed by atoms with Gasteiger partial charge >= 0.3 is 0 Å². The van der Waals surface area contributed by atoms with Gasteiger partial charge in [0.1, 0.15) is 5.75 Å². The first-order valence-electron chi connectivity index (χ1n) is 7.24. The lowest BCUT2D eigenvalue weighted by Crippen LogP contribution is -2.25. The minimum absolute atomic E-state index is 0.156. The number of fused-ring (bicyclic) bond motifs is 1. The van der Waals surface area contributed by atoms with E-state index in [2.05, 4.69) is 12.1 Å². The van der Waals surface area contributed by atoms with E-state index in [0.717, 1.165) is 36.4 Å². The van der Waals surface area contributed by atoms with Crippen LogP contribution in [0.4, 0.5) is 0 Å². The molecule has 3 heteroatoms. The first-order valence-corrected chi connectivity index (χ1v) is 7.24. The quantitative estimate of drug-likeness (QED) is 0.789. The summed E-state index contributed by atoms with van der Waals surface area (Å²) < 4.78 is 5.47.